The van der Waals surface area contributed by atoms with E-state index >= 15 is 0 Å². The average molecular weight is 661 g/mol. The lowest BCUT2D eigenvalue weighted by molar-refractivity contribution is -0.147. The maximum absolute atomic E-state index is 12.7. The monoisotopic (exact) mass is 661 g/mol. The topological polar surface area (TPSA) is 119 Å². The Hall–Kier alpha value is -2.41. The van der Waals surface area contributed by atoms with Crippen LogP contribution >= 0.6 is 0 Å². The van der Waals surface area contributed by atoms with Crippen LogP contribution in [0.25, 0.3) is 0 Å². The Morgan fingerprint density at radius 1 is 0.638 bits per heavy atom. The lowest BCUT2D eigenvalue weighted by Crippen LogP contribution is -2.40. The van der Waals surface area contributed by atoms with Gasteiger partial charge in [-0.15, -0.1) is 0 Å². The number of amides is 1. The third kappa shape index (κ3) is 31.9. The highest BCUT2D eigenvalue weighted by molar-refractivity contribution is 5.83. The maximum atomic E-state index is 12.7. The Bertz CT molecular complexity index is 838. The van der Waals surface area contributed by atoms with Crippen LogP contribution in [0, 0.1) is 0 Å². The molecule has 0 heterocycles. The van der Waals surface area contributed by atoms with Crippen LogP contribution in [0.15, 0.2) is 36.5 Å². The number of hydrogen-bond donors (Lipinski definition) is 3. The van der Waals surface area contributed by atoms with Gasteiger partial charge in [-0.25, -0.2) is 4.79 Å². The van der Waals surface area contributed by atoms with E-state index in [1.54, 1.807) is 0 Å². The molecule has 1 amide bonds. The first-order chi connectivity index (χ1) is 22.9. The molecule has 0 bridgehead atoms. The summed E-state index contributed by atoms with van der Waals surface area (Å²) in [7, 11) is 0. The largest absolute Gasteiger partial charge is 0.480 e. The number of carbonyl (C=O) groups excluding carboxylic acids is 2. The van der Waals surface area contributed by atoms with E-state index in [-0.39, 0.29) is 18.0 Å². The molecular formula is C40H72N2O5. The second-order valence-electron chi connectivity index (χ2n) is 13.0. The Balaban J connectivity index is 4.39. The summed E-state index contributed by atoms with van der Waals surface area (Å²) in [6.45, 7) is 4.84. The molecule has 0 aromatic carbocycles. The fourth-order valence-corrected chi connectivity index (χ4v) is 5.46. The van der Waals surface area contributed by atoms with Crippen LogP contribution in [0.4, 0.5) is 0 Å². The summed E-state index contributed by atoms with van der Waals surface area (Å²) in [5.41, 5.74) is 5.47. The van der Waals surface area contributed by atoms with Crippen LogP contribution in [0.3, 0.4) is 0 Å². The number of carboxylic acids is 1. The quantitative estimate of drug-likeness (QED) is 0.0359. The fourth-order valence-electron chi connectivity index (χ4n) is 5.46. The molecule has 0 spiro atoms. The van der Waals surface area contributed by atoms with Gasteiger partial charge in [-0.05, 0) is 89.7 Å². The summed E-state index contributed by atoms with van der Waals surface area (Å²) in [5, 5.41) is 11.9. The Morgan fingerprint density at radius 2 is 1.21 bits per heavy atom. The number of nitrogens with one attached hydrogen (secondary N) is 1. The van der Waals surface area contributed by atoms with Gasteiger partial charge in [0.2, 0.25) is 5.91 Å². The molecule has 4 N–H and O–H groups in total. The van der Waals surface area contributed by atoms with Crippen LogP contribution in [-0.4, -0.2) is 41.6 Å². The predicted octanol–water partition coefficient (Wildman–Crippen LogP) is 10.3. The smallest absolute Gasteiger partial charge is 0.326 e. The lowest BCUT2D eigenvalue weighted by atomic mass is 10.1. The van der Waals surface area contributed by atoms with Crippen molar-refractivity contribution in [3.63, 3.8) is 0 Å². The van der Waals surface area contributed by atoms with E-state index in [2.05, 4.69) is 55.6 Å². The minimum atomic E-state index is -1.02. The maximum Gasteiger partial charge on any atom is 0.326 e. The van der Waals surface area contributed by atoms with E-state index in [1.807, 2.05) is 0 Å². The van der Waals surface area contributed by atoms with Gasteiger partial charge in [0.05, 0.1) is 0 Å². The highest BCUT2D eigenvalue weighted by atomic mass is 16.5. The van der Waals surface area contributed by atoms with Gasteiger partial charge in [-0.2, -0.15) is 0 Å². The zero-order valence-electron chi connectivity index (χ0n) is 30.4. The first-order valence-corrected chi connectivity index (χ1v) is 19.3. The van der Waals surface area contributed by atoms with Gasteiger partial charge < -0.3 is 20.9 Å². The number of ether oxygens (including phenoxy) is 1. The van der Waals surface area contributed by atoms with E-state index in [4.69, 9.17) is 10.5 Å². The lowest BCUT2D eigenvalue weighted by Gasteiger charge is -2.15. The minimum Gasteiger partial charge on any atom is -0.480 e. The van der Waals surface area contributed by atoms with Crippen molar-refractivity contribution in [1.82, 2.24) is 5.32 Å². The van der Waals surface area contributed by atoms with Crippen LogP contribution in [-0.2, 0) is 19.1 Å². The van der Waals surface area contributed by atoms with Crippen molar-refractivity contribution in [3.8, 4) is 0 Å². The molecule has 0 rings (SSSR count). The predicted molar refractivity (Wildman–Crippen MR) is 197 cm³/mol. The number of rotatable bonds is 34. The molecule has 0 fully saturated rings. The van der Waals surface area contributed by atoms with Crippen LogP contribution in [0.1, 0.15) is 181 Å². The average Bonchev–Trinajstić information content (AvgIpc) is 3.05. The highest BCUT2D eigenvalue weighted by Crippen LogP contribution is 2.15. The molecule has 7 heteroatoms. The second-order valence-corrected chi connectivity index (χ2v) is 13.0. The van der Waals surface area contributed by atoms with E-state index < -0.39 is 12.0 Å². The number of allylic oxidation sites excluding steroid dienone is 5. The van der Waals surface area contributed by atoms with Gasteiger partial charge >= 0.3 is 11.9 Å². The summed E-state index contributed by atoms with van der Waals surface area (Å²) < 4.78 is 5.90. The molecule has 7 nitrogen and oxygen atoms in total. The number of unbranched alkanes of at least 4 members (excludes halogenated alkanes) is 16. The van der Waals surface area contributed by atoms with E-state index in [9.17, 15) is 19.5 Å². The molecule has 0 saturated carbocycles. The Morgan fingerprint density at radius 3 is 1.85 bits per heavy atom. The minimum absolute atomic E-state index is 0.103. The van der Waals surface area contributed by atoms with Crippen LogP contribution in [0.5, 0.6) is 0 Å². The molecule has 0 radical (unpaired) electrons. The first kappa shape index (κ1) is 44.6. The SMILES string of the molecule is CCC/C=C\C/C=C\CCCCCCCC(=O)OC(/C=C\CCCCCCCCC)CCCCCCC(=O)NC(CCCN)C(=O)O. The summed E-state index contributed by atoms with van der Waals surface area (Å²) >= 11 is 0. The normalized spacial score (nSPS) is 13.1. The molecule has 2 atom stereocenters. The van der Waals surface area contributed by atoms with Crippen molar-refractivity contribution in [1.29, 1.82) is 0 Å². The number of carboxylic acid groups (broad SMARTS) is 1. The zero-order chi connectivity index (χ0) is 34.6. The van der Waals surface area contributed by atoms with Crippen molar-refractivity contribution < 1.29 is 24.2 Å². The van der Waals surface area contributed by atoms with E-state index in [1.165, 1.54) is 64.2 Å². The summed E-state index contributed by atoms with van der Waals surface area (Å²) in [6, 6.07) is -0.871. The van der Waals surface area contributed by atoms with E-state index in [0.717, 1.165) is 70.6 Å². The van der Waals surface area contributed by atoms with Gasteiger partial charge in [-0.3, -0.25) is 9.59 Å². The van der Waals surface area contributed by atoms with Crippen molar-refractivity contribution in [3.05, 3.63) is 36.5 Å². The number of nitrogens with two attached hydrogens (primary N) is 1. The van der Waals surface area contributed by atoms with Crippen molar-refractivity contribution >= 4 is 17.8 Å². The summed E-state index contributed by atoms with van der Waals surface area (Å²) in [5.74, 6) is -1.34. The van der Waals surface area contributed by atoms with Crippen molar-refractivity contribution in [2.24, 2.45) is 5.73 Å². The molecule has 0 aliphatic heterocycles. The first-order valence-electron chi connectivity index (χ1n) is 19.3. The molecule has 272 valence electrons. The van der Waals surface area contributed by atoms with Crippen molar-refractivity contribution in [2.45, 2.75) is 193 Å². The molecule has 0 aliphatic carbocycles. The Labute approximate surface area is 288 Å². The van der Waals surface area contributed by atoms with Gasteiger partial charge in [0.25, 0.3) is 0 Å². The third-order valence-electron chi connectivity index (χ3n) is 8.39. The van der Waals surface area contributed by atoms with Crippen LogP contribution < -0.4 is 11.1 Å². The summed E-state index contributed by atoms with van der Waals surface area (Å²) in [4.78, 5) is 36.2. The van der Waals surface area contributed by atoms with Gasteiger partial charge in [0.1, 0.15) is 12.1 Å². The van der Waals surface area contributed by atoms with E-state index in [0.29, 0.717) is 38.6 Å². The fraction of sp³-hybridized carbons (Fsp3) is 0.775. The van der Waals surface area contributed by atoms with Crippen LogP contribution in [0.2, 0.25) is 0 Å². The molecule has 47 heavy (non-hydrogen) atoms. The third-order valence-corrected chi connectivity index (χ3v) is 8.39. The van der Waals surface area contributed by atoms with Crippen molar-refractivity contribution in [2.75, 3.05) is 6.54 Å². The standard InChI is InChI=1S/C40H72N2O5/c1-3-5-7-9-11-13-14-15-16-18-20-22-28-34-39(44)47-36(30-25-21-19-17-12-10-8-6-4-2)31-26-23-24-27-33-38(43)42-37(40(45)46)32-29-35-41/h7,9,13-14,25,30,36-37H,3-6,8,10-12,15-24,26-29,31-35,41H2,1-2H3,(H,42,43)(H,45,46)/b9-7-,14-13-,30-25-. The second kappa shape index (κ2) is 34.9. The number of esters is 1. The Kier molecular flexibility index (Phi) is 33.1. The zero-order valence-corrected chi connectivity index (χ0v) is 30.4. The number of aliphatic carboxylic acids is 1. The van der Waals surface area contributed by atoms with Gasteiger partial charge in [0, 0.05) is 12.8 Å². The number of hydrogen-bond acceptors (Lipinski definition) is 5. The number of carbonyl (C=O) groups is 3. The molecule has 0 aromatic rings. The molecule has 2 unspecified atom stereocenters. The van der Waals surface area contributed by atoms with Gasteiger partial charge in [-0.1, -0.05) is 121 Å². The van der Waals surface area contributed by atoms with Gasteiger partial charge in [0.15, 0.2) is 0 Å². The molecule has 0 aromatic heterocycles. The highest BCUT2D eigenvalue weighted by Gasteiger charge is 2.19. The summed E-state index contributed by atoms with van der Waals surface area (Å²) in [6.07, 6.45) is 39.1. The molecule has 0 aliphatic rings. The molecular weight excluding hydrogens is 588 g/mol. The molecule has 0 saturated heterocycles.